The number of benzene rings is 2. The van der Waals surface area contributed by atoms with Gasteiger partial charge in [0, 0.05) is 30.8 Å². The van der Waals surface area contributed by atoms with Gasteiger partial charge in [-0.2, -0.15) is 5.10 Å². The Morgan fingerprint density at radius 1 is 1.11 bits per heavy atom. The maximum Gasteiger partial charge on any atom is 0.254 e. The van der Waals surface area contributed by atoms with Crippen LogP contribution in [-0.2, 0) is 6.42 Å². The van der Waals surface area contributed by atoms with Crippen LogP contribution in [0.3, 0.4) is 0 Å². The number of carbonyl (C=O) groups is 1. The van der Waals surface area contributed by atoms with Gasteiger partial charge in [-0.05, 0) is 55.3 Å². The third kappa shape index (κ3) is 4.87. The lowest BCUT2D eigenvalue weighted by atomic mass is 9.91. The maximum absolute atomic E-state index is 14.1. The van der Waals surface area contributed by atoms with Gasteiger partial charge in [0.1, 0.15) is 18.0 Å². The summed E-state index contributed by atoms with van der Waals surface area (Å²) < 4.78 is 15.6. The Morgan fingerprint density at radius 3 is 2.58 bits per heavy atom. The highest BCUT2D eigenvalue weighted by molar-refractivity contribution is 6.40. The molecule has 0 saturated heterocycles. The fourth-order valence-electron chi connectivity index (χ4n) is 4.22. The van der Waals surface area contributed by atoms with Crippen molar-refractivity contribution < 1.29 is 9.18 Å². The summed E-state index contributed by atoms with van der Waals surface area (Å²) in [6.07, 6.45) is 4.00. The van der Waals surface area contributed by atoms with Gasteiger partial charge >= 0.3 is 0 Å². The Bertz CT molecular complexity index is 1490. The van der Waals surface area contributed by atoms with E-state index in [0.717, 1.165) is 22.7 Å². The molecule has 1 aliphatic rings. The van der Waals surface area contributed by atoms with Crippen molar-refractivity contribution in [1.29, 1.82) is 0 Å². The van der Waals surface area contributed by atoms with Crippen molar-refractivity contribution in [2.75, 3.05) is 6.54 Å². The lowest BCUT2D eigenvalue weighted by Crippen LogP contribution is -2.29. The lowest BCUT2D eigenvalue weighted by molar-refractivity contribution is 0.0952. The predicted molar refractivity (Wildman–Crippen MR) is 137 cm³/mol. The highest BCUT2D eigenvalue weighted by Gasteiger charge is 2.23. The van der Waals surface area contributed by atoms with E-state index in [1.807, 2.05) is 19.1 Å². The van der Waals surface area contributed by atoms with Gasteiger partial charge in [-0.1, -0.05) is 35.3 Å². The zero-order valence-electron chi connectivity index (χ0n) is 19.5. The molecule has 10 heteroatoms. The van der Waals surface area contributed by atoms with Crippen molar-refractivity contribution in [2.45, 2.75) is 26.2 Å². The number of halogens is 3. The third-order valence-electron chi connectivity index (χ3n) is 5.95. The molecule has 0 aliphatic carbocycles. The highest BCUT2D eigenvalue weighted by atomic mass is 35.5. The van der Waals surface area contributed by atoms with Gasteiger partial charge in [0.2, 0.25) is 0 Å². The number of nitrogens with one attached hydrogen (secondary N) is 1. The van der Waals surface area contributed by atoms with Crippen molar-refractivity contribution >= 4 is 40.5 Å². The van der Waals surface area contributed by atoms with E-state index in [1.165, 1.54) is 23.1 Å². The fourth-order valence-corrected chi connectivity index (χ4v) is 4.87. The molecule has 0 radical (unpaired) electrons. The molecular formula is C26H21Cl2FN6O. The van der Waals surface area contributed by atoms with Gasteiger partial charge in [0.05, 0.1) is 32.7 Å². The molecular weight excluding hydrogens is 502 g/mol. The van der Waals surface area contributed by atoms with Crippen LogP contribution in [0.15, 0.2) is 60.0 Å². The van der Waals surface area contributed by atoms with E-state index in [9.17, 15) is 9.18 Å². The number of pyridine rings is 1. The van der Waals surface area contributed by atoms with E-state index in [0.29, 0.717) is 23.5 Å². The molecule has 0 fully saturated rings. The van der Waals surface area contributed by atoms with Crippen LogP contribution in [0.5, 0.6) is 0 Å². The number of carbonyl (C=O) groups excluding carboxylic acids is 1. The zero-order valence-corrected chi connectivity index (χ0v) is 21.0. The second-order valence-electron chi connectivity index (χ2n) is 8.60. The predicted octanol–water partition coefficient (Wildman–Crippen LogP) is 5.63. The van der Waals surface area contributed by atoms with E-state index in [2.05, 4.69) is 25.4 Å². The van der Waals surface area contributed by atoms with Gasteiger partial charge in [0.15, 0.2) is 0 Å². The molecule has 1 N–H and O–H groups in total. The van der Waals surface area contributed by atoms with E-state index in [-0.39, 0.29) is 33.9 Å². The van der Waals surface area contributed by atoms with Gasteiger partial charge in [-0.15, -0.1) is 0 Å². The molecule has 3 heterocycles. The molecule has 2 aromatic carbocycles. The van der Waals surface area contributed by atoms with Crippen LogP contribution in [0, 0.1) is 12.7 Å². The number of nitrogens with zero attached hydrogens (tertiary/aromatic N) is 5. The first-order valence-electron chi connectivity index (χ1n) is 11.2. The Labute approximate surface area is 217 Å². The molecule has 1 atom stereocenters. The van der Waals surface area contributed by atoms with Crippen LogP contribution in [0.25, 0.3) is 5.69 Å². The van der Waals surface area contributed by atoms with Crippen LogP contribution in [0.4, 0.5) is 10.1 Å². The summed E-state index contributed by atoms with van der Waals surface area (Å²) in [5.41, 5.74) is 4.92. The second-order valence-corrected chi connectivity index (χ2v) is 9.41. The number of rotatable bonds is 6. The summed E-state index contributed by atoms with van der Waals surface area (Å²) >= 11 is 12.9. The molecule has 0 unspecified atom stereocenters. The average Bonchev–Trinajstić information content (AvgIpc) is 3.43. The number of aliphatic imine (C=N–C) groups is 1. The zero-order chi connectivity index (χ0) is 25.4. The first kappa shape index (κ1) is 24.1. The van der Waals surface area contributed by atoms with Crippen LogP contribution in [0.1, 0.15) is 45.8 Å². The SMILES string of the molecule is CC1=Nc2cc([C@@H](CNC(=O)c3c(Cl)cc(-n4cnc(C)n4)cc3Cl)c3cccc(F)c3)cnc2C1. The van der Waals surface area contributed by atoms with Gasteiger partial charge < -0.3 is 5.32 Å². The summed E-state index contributed by atoms with van der Waals surface area (Å²) in [4.78, 5) is 26.4. The molecule has 182 valence electrons. The summed E-state index contributed by atoms with van der Waals surface area (Å²) in [7, 11) is 0. The normalized spacial score (nSPS) is 13.3. The van der Waals surface area contributed by atoms with Crippen LogP contribution in [-0.4, -0.2) is 37.9 Å². The first-order valence-corrected chi connectivity index (χ1v) is 12.0. The van der Waals surface area contributed by atoms with Crippen molar-refractivity contribution in [3.63, 3.8) is 0 Å². The minimum atomic E-state index is -0.448. The fraction of sp³-hybridized carbons (Fsp3) is 0.192. The summed E-state index contributed by atoms with van der Waals surface area (Å²) in [6.45, 7) is 3.89. The standard InChI is InChI=1S/C26H21Cl2FN6O/c1-14-6-23-24(33-14)8-17(11-30-23)20(16-4-3-5-18(29)7-16)12-31-26(36)25-21(27)9-19(10-22(25)28)35-13-32-15(2)34-35/h3-5,7-11,13,20H,6,12H2,1-2H3,(H,31,36)/t20-/m0/s1. The number of fused-ring (bicyclic) bond motifs is 1. The molecule has 4 aromatic rings. The average molecular weight is 523 g/mol. The van der Waals surface area contributed by atoms with Gasteiger partial charge in [0.25, 0.3) is 5.91 Å². The number of aromatic nitrogens is 4. The van der Waals surface area contributed by atoms with Crippen molar-refractivity contribution in [2.24, 2.45) is 4.99 Å². The number of hydrogen-bond donors (Lipinski definition) is 1. The van der Waals surface area contributed by atoms with Crippen LogP contribution >= 0.6 is 23.2 Å². The van der Waals surface area contributed by atoms with Gasteiger partial charge in [-0.25, -0.2) is 14.1 Å². The first-order chi connectivity index (χ1) is 17.3. The summed E-state index contributed by atoms with van der Waals surface area (Å²) in [5, 5.41) is 7.50. The number of hydrogen-bond acceptors (Lipinski definition) is 5. The van der Waals surface area contributed by atoms with E-state index in [1.54, 1.807) is 31.3 Å². The molecule has 5 rings (SSSR count). The molecule has 0 saturated carbocycles. The largest absolute Gasteiger partial charge is 0.351 e. The molecule has 36 heavy (non-hydrogen) atoms. The minimum absolute atomic E-state index is 0.143. The minimum Gasteiger partial charge on any atom is -0.351 e. The van der Waals surface area contributed by atoms with Crippen molar-refractivity contribution in [3.8, 4) is 5.69 Å². The van der Waals surface area contributed by atoms with Crippen molar-refractivity contribution in [3.05, 3.63) is 99.1 Å². The quantitative estimate of drug-likeness (QED) is 0.355. The molecule has 1 amide bonds. The van der Waals surface area contributed by atoms with Crippen LogP contribution < -0.4 is 5.32 Å². The topological polar surface area (TPSA) is 85.1 Å². The second kappa shape index (κ2) is 9.79. The molecule has 0 spiro atoms. The van der Waals surface area contributed by atoms with Gasteiger partial charge in [-0.3, -0.25) is 14.8 Å². The molecule has 2 aromatic heterocycles. The van der Waals surface area contributed by atoms with E-state index < -0.39 is 5.91 Å². The molecule has 0 bridgehead atoms. The van der Waals surface area contributed by atoms with Crippen LogP contribution in [0.2, 0.25) is 10.0 Å². The summed E-state index contributed by atoms with van der Waals surface area (Å²) in [6, 6.07) is 11.4. The van der Waals surface area contributed by atoms with Crippen molar-refractivity contribution in [1.82, 2.24) is 25.1 Å². The maximum atomic E-state index is 14.1. The number of amides is 1. The van der Waals surface area contributed by atoms with E-state index >= 15 is 0 Å². The Kier molecular flexibility index (Phi) is 6.55. The monoisotopic (exact) mass is 522 g/mol. The third-order valence-corrected chi connectivity index (χ3v) is 6.54. The smallest absolute Gasteiger partial charge is 0.254 e. The molecule has 7 nitrogen and oxygen atoms in total. The number of aryl methyl sites for hydroxylation is 1. The summed E-state index contributed by atoms with van der Waals surface area (Å²) in [5.74, 6) is -0.588. The Morgan fingerprint density at radius 2 is 1.89 bits per heavy atom. The van der Waals surface area contributed by atoms with E-state index in [4.69, 9.17) is 23.2 Å². The Hall–Kier alpha value is -3.62. The lowest BCUT2D eigenvalue weighted by Gasteiger charge is -2.20. The molecule has 1 aliphatic heterocycles. The highest BCUT2D eigenvalue weighted by Crippen LogP contribution is 2.32. The Balaban J connectivity index is 1.42.